The molecule has 2 aromatic carbocycles. The first-order chi connectivity index (χ1) is 13.9. The van der Waals surface area contributed by atoms with Crippen molar-refractivity contribution in [3.05, 3.63) is 81.1 Å². The van der Waals surface area contributed by atoms with Gasteiger partial charge in [0.2, 0.25) is 0 Å². The van der Waals surface area contributed by atoms with Gasteiger partial charge in [0, 0.05) is 17.6 Å². The maximum Gasteiger partial charge on any atom is 0.253 e. The van der Waals surface area contributed by atoms with Crippen molar-refractivity contribution in [2.24, 2.45) is 0 Å². The number of aryl methyl sites for hydroxylation is 2. The fraction of sp³-hybridized carbons (Fsp3) is 0.304. The summed E-state index contributed by atoms with van der Waals surface area (Å²) >= 11 is 5.58. The summed E-state index contributed by atoms with van der Waals surface area (Å²) < 4.78 is 0. The van der Waals surface area contributed by atoms with Crippen molar-refractivity contribution in [1.29, 1.82) is 0 Å². The van der Waals surface area contributed by atoms with E-state index in [2.05, 4.69) is 23.3 Å². The number of pyridine rings is 1. The van der Waals surface area contributed by atoms with Crippen LogP contribution < -0.4 is 10.9 Å². The predicted molar refractivity (Wildman–Crippen MR) is 122 cm³/mol. The van der Waals surface area contributed by atoms with Gasteiger partial charge in [-0.05, 0) is 73.3 Å². The van der Waals surface area contributed by atoms with E-state index in [1.165, 1.54) is 5.56 Å². The molecular formula is C23H27N3O2S. The molecule has 1 heterocycles. The minimum Gasteiger partial charge on any atom is -0.395 e. The van der Waals surface area contributed by atoms with Gasteiger partial charge in [0.25, 0.3) is 5.56 Å². The summed E-state index contributed by atoms with van der Waals surface area (Å²) in [5.41, 5.74) is 4.75. The van der Waals surface area contributed by atoms with E-state index in [0.29, 0.717) is 23.8 Å². The number of aliphatic hydroxyl groups is 1. The Balaban J connectivity index is 1.82. The highest BCUT2D eigenvalue weighted by Crippen LogP contribution is 2.18. The van der Waals surface area contributed by atoms with Crippen LogP contribution >= 0.6 is 12.2 Å². The molecule has 6 heteroatoms. The molecule has 5 nitrogen and oxygen atoms in total. The van der Waals surface area contributed by atoms with Crippen LogP contribution in [0.2, 0.25) is 0 Å². The Morgan fingerprint density at radius 2 is 1.86 bits per heavy atom. The average molecular weight is 410 g/mol. The van der Waals surface area contributed by atoms with Crippen LogP contribution in [0.3, 0.4) is 0 Å². The van der Waals surface area contributed by atoms with E-state index in [4.69, 9.17) is 12.2 Å². The molecule has 0 amide bonds. The summed E-state index contributed by atoms with van der Waals surface area (Å²) in [5, 5.41) is 14.3. The smallest absolute Gasteiger partial charge is 0.253 e. The number of hydrogen-bond donors (Lipinski definition) is 3. The van der Waals surface area contributed by atoms with E-state index < -0.39 is 0 Å². The summed E-state index contributed by atoms with van der Waals surface area (Å²) in [7, 11) is 0. The zero-order chi connectivity index (χ0) is 21.0. The van der Waals surface area contributed by atoms with Crippen LogP contribution in [-0.2, 0) is 6.54 Å². The second-order valence-electron chi connectivity index (χ2n) is 7.37. The molecule has 3 rings (SSSR count). The molecule has 3 aromatic rings. The average Bonchev–Trinajstić information content (AvgIpc) is 2.70. The summed E-state index contributed by atoms with van der Waals surface area (Å²) in [6.07, 6.45) is 0. The van der Waals surface area contributed by atoms with Crippen molar-refractivity contribution in [1.82, 2.24) is 15.2 Å². The summed E-state index contributed by atoms with van der Waals surface area (Å²) in [6, 6.07) is 16.0. The van der Waals surface area contributed by atoms with Crippen LogP contribution in [0.15, 0.2) is 53.3 Å². The van der Waals surface area contributed by atoms with Gasteiger partial charge < -0.3 is 20.3 Å². The van der Waals surface area contributed by atoms with Crippen molar-refractivity contribution in [3.63, 3.8) is 0 Å². The van der Waals surface area contributed by atoms with Crippen molar-refractivity contribution >= 4 is 28.2 Å². The molecule has 1 unspecified atom stereocenters. The normalized spacial score (nSPS) is 12.0. The Morgan fingerprint density at radius 1 is 1.17 bits per heavy atom. The van der Waals surface area contributed by atoms with Gasteiger partial charge in [-0.25, -0.2) is 0 Å². The highest BCUT2D eigenvalue weighted by Gasteiger charge is 2.15. The molecule has 0 aliphatic rings. The Morgan fingerprint density at radius 3 is 2.55 bits per heavy atom. The molecule has 0 fully saturated rings. The number of H-pyrrole nitrogens is 1. The zero-order valence-electron chi connectivity index (χ0n) is 17.0. The number of nitrogens with one attached hydrogen (secondary N) is 2. The lowest BCUT2D eigenvalue weighted by molar-refractivity contribution is 0.244. The van der Waals surface area contributed by atoms with Crippen LogP contribution in [0.5, 0.6) is 0 Å². The van der Waals surface area contributed by atoms with Crippen LogP contribution in [0.4, 0.5) is 0 Å². The monoisotopic (exact) mass is 409 g/mol. The highest BCUT2D eigenvalue weighted by molar-refractivity contribution is 7.80. The van der Waals surface area contributed by atoms with E-state index in [-0.39, 0.29) is 18.2 Å². The fourth-order valence-corrected chi connectivity index (χ4v) is 3.65. The molecule has 0 aliphatic heterocycles. The first-order valence-electron chi connectivity index (χ1n) is 9.73. The lowest BCUT2D eigenvalue weighted by atomic mass is 10.0. The van der Waals surface area contributed by atoms with Gasteiger partial charge in [-0.1, -0.05) is 30.3 Å². The molecule has 0 aliphatic carbocycles. The molecule has 1 aromatic heterocycles. The number of nitrogens with zero attached hydrogens (tertiary/aromatic N) is 1. The minimum atomic E-state index is -0.136. The zero-order valence-corrected chi connectivity index (χ0v) is 17.8. The van der Waals surface area contributed by atoms with Gasteiger partial charge in [0.1, 0.15) is 0 Å². The van der Waals surface area contributed by atoms with Gasteiger partial charge in [0.05, 0.1) is 19.2 Å². The molecule has 152 valence electrons. The molecular weight excluding hydrogens is 382 g/mol. The molecule has 29 heavy (non-hydrogen) atoms. The van der Waals surface area contributed by atoms with E-state index >= 15 is 0 Å². The first-order valence-corrected chi connectivity index (χ1v) is 10.1. The number of fused-ring (bicyclic) bond motifs is 1. The Kier molecular flexibility index (Phi) is 6.67. The topological polar surface area (TPSA) is 68.4 Å². The van der Waals surface area contributed by atoms with Crippen LogP contribution in [0.25, 0.3) is 10.9 Å². The quantitative estimate of drug-likeness (QED) is 0.543. The summed E-state index contributed by atoms with van der Waals surface area (Å²) in [5.74, 6) is 0. The lowest BCUT2D eigenvalue weighted by Crippen LogP contribution is -2.42. The number of benzene rings is 2. The predicted octanol–water partition coefficient (Wildman–Crippen LogP) is 3.57. The van der Waals surface area contributed by atoms with Gasteiger partial charge in [-0.2, -0.15) is 0 Å². The molecule has 1 atom stereocenters. The van der Waals surface area contributed by atoms with E-state index in [1.54, 1.807) is 0 Å². The van der Waals surface area contributed by atoms with Gasteiger partial charge >= 0.3 is 0 Å². The van der Waals surface area contributed by atoms with Crippen molar-refractivity contribution in [3.8, 4) is 0 Å². The highest BCUT2D eigenvalue weighted by atomic mass is 32.1. The third-order valence-electron chi connectivity index (χ3n) is 5.19. The van der Waals surface area contributed by atoms with Crippen LogP contribution in [0.1, 0.15) is 35.2 Å². The maximum atomic E-state index is 12.6. The van der Waals surface area contributed by atoms with Gasteiger partial charge in [-0.3, -0.25) is 4.79 Å². The van der Waals surface area contributed by atoms with Gasteiger partial charge in [0.15, 0.2) is 5.11 Å². The Labute approximate surface area is 176 Å². The van der Waals surface area contributed by atoms with Crippen molar-refractivity contribution in [2.45, 2.75) is 33.4 Å². The number of thiocarbonyl (C=S) groups is 1. The number of aromatic nitrogens is 1. The van der Waals surface area contributed by atoms with Crippen molar-refractivity contribution in [2.75, 3.05) is 13.2 Å². The molecule has 0 bridgehead atoms. The van der Waals surface area contributed by atoms with Crippen LogP contribution in [0, 0.1) is 13.8 Å². The minimum absolute atomic E-state index is 0.0189. The largest absolute Gasteiger partial charge is 0.395 e. The third-order valence-corrected chi connectivity index (χ3v) is 5.57. The summed E-state index contributed by atoms with van der Waals surface area (Å²) in [6.45, 7) is 6.74. The summed E-state index contributed by atoms with van der Waals surface area (Å²) in [4.78, 5) is 17.4. The molecule has 3 N–H and O–H groups in total. The molecule has 0 spiro atoms. The van der Waals surface area contributed by atoms with Gasteiger partial charge in [-0.15, -0.1) is 0 Å². The Bertz CT molecular complexity index is 1060. The number of hydrogen-bond acceptors (Lipinski definition) is 3. The third kappa shape index (κ3) is 5.02. The van der Waals surface area contributed by atoms with E-state index in [9.17, 15) is 9.90 Å². The molecule has 0 saturated heterocycles. The molecule has 0 radical (unpaired) electrons. The van der Waals surface area contributed by atoms with E-state index in [0.717, 1.165) is 22.0 Å². The Hall–Kier alpha value is -2.70. The lowest BCUT2D eigenvalue weighted by Gasteiger charge is -2.27. The molecule has 0 saturated carbocycles. The maximum absolute atomic E-state index is 12.6. The first kappa shape index (κ1) is 21.0. The van der Waals surface area contributed by atoms with E-state index in [1.807, 2.05) is 61.2 Å². The second kappa shape index (κ2) is 9.20. The van der Waals surface area contributed by atoms with Crippen LogP contribution in [-0.4, -0.2) is 33.3 Å². The number of rotatable bonds is 6. The number of aromatic amines is 1. The fourth-order valence-electron chi connectivity index (χ4n) is 3.32. The SMILES string of the molecule is Cc1cc2cc(CN(CCO)C(=S)NC(C)c3ccccc3)c(=O)[nH]c2cc1C. The number of aliphatic hydroxyl groups excluding tert-OH is 1. The van der Waals surface area contributed by atoms with Crippen molar-refractivity contribution < 1.29 is 5.11 Å². The standard InChI is InChI=1S/C23H27N3O2S/c1-15-11-19-13-20(22(28)25-21(19)12-16(15)2)14-26(9-10-27)23(29)24-17(3)18-7-5-4-6-8-18/h4-8,11-13,17,27H,9-10,14H2,1-3H3,(H,24,29)(H,25,28). The second-order valence-corrected chi connectivity index (χ2v) is 7.76.